The summed E-state index contributed by atoms with van der Waals surface area (Å²) in [5, 5.41) is 3.17. The number of nitrogens with zero attached hydrogens (tertiary/aromatic N) is 1. The third kappa shape index (κ3) is 3.85. The van der Waals surface area contributed by atoms with E-state index in [0.717, 1.165) is 45.0 Å². The summed E-state index contributed by atoms with van der Waals surface area (Å²) in [7, 11) is 0. The molecule has 0 aromatic heterocycles. The third-order valence-electron chi connectivity index (χ3n) is 3.89. The van der Waals surface area contributed by atoms with Gasteiger partial charge in [-0.05, 0) is 37.9 Å². The largest absolute Gasteiger partial charge is 0.398 e. The molecule has 1 amide bonds. The minimum Gasteiger partial charge on any atom is -0.398 e. The first-order valence-corrected chi connectivity index (χ1v) is 7.39. The van der Waals surface area contributed by atoms with Crippen molar-refractivity contribution >= 4 is 17.3 Å². The van der Waals surface area contributed by atoms with E-state index < -0.39 is 11.7 Å². The summed E-state index contributed by atoms with van der Waals surface area (Å²) in [5.41, 5.74) is 11.4. The molecule has 5 nitrogen and oxygen atoms in total. The van der Waals surface area contributed by atoms with Crippen LogP contribution in [0.25, 0.3) is 0 Å². The van der Waals surface area contributed by atoms with Gasteiger partial charge >= 0.3 is 0 Å². The highest BCUT2D eigenvalue weighted by molar-refractivity contribution is 5.99. The lowest BCUT2D eigenvalue weighted by Gasteiger charge is -2.32. The Bertz CT molecular complexity index is 513. The summed E-state index contributed by atoms with van der Waals surface area (Å²) in [4.78, 5) is 13.7. The molecular formula is C15H23FN4O. The van der Waals surface area contributed by atoms with Crippen LogP contribution >= 0.6 is 0 Å². The summed E-state index contributed by atoms with van der Waals surface area (Å²) < 4.78 is 13.9. The van der Waals surface area contributed by atoms with Gasteiger partial charge in [-0.1, -0.05) is 6.92 Å². The van der Waals surface area contributed by atoms with E-state index in [-0.39, 0.29) is 17.3 Å². The van der Waals surface area contributed by atoms with Crippen LogP contribution in [-0.4, -0.2) is 36.5 Å². The smallest absolute Gasteiger partial charge is 0.250 e. The van der Waals surface area contributed by atoms with Crippen molar-refractivity contribution < 1.29 is 9.18 Å². The molecule has 1 aromatic rings. The van der Waals surface area contributed by atoms with Crippen LogP contribution in [0.2, 0.25) is 0 Å². The summed E-state index contributed by atoms with van der Waals surface area (Å²) >= 11 is 0. The maximum absolute atomic E-state index is 13.9. The molecule has 0 aliphatic carbocycles. The number of primary amides is 1. The molecule has 1 fully saturated rings. The molecule has 0 unspecified atom stereocenters. The SMILES string of the molecule is CCCN1CCC(Nc2cc(C(N)=O)c(N)cc2F)CC1. The molecule has 1 aliphatic rings. The molecule has 6 heteroatoms. The van der Waals surface area contributed by atoms with E-state index in [0.29, 0.717) is 5.69 Å². The number of hydrogen-bond donors (Lipinski definition) is 3. The number of hydrogen-bond acceptors (Lipinski definition) is 4. The second kappa shape index (κ2) is 6.76. The van der Waals surface area contributed by atoms with Crippen molar-refractivity contribution in [1.82, 2.24) is 4.90 Å². The molecule has 0 radical (unpaired) electrons. The van der Waals surface area contributed by atoms with Crippen LogP contribution < -0.4 is 16.8 Å². The van der Waals surface area contributed by atoms with Crippen LogP contribution in [-0.2, 0) is 0 Å². The van der Waals surface area contributed by atoms with Gasteiger partial charge in [0.15, 0.2) is 0 Å². The Morgan fingerprint density at radius 1 is 1.43 bits per heavy atom. The number of carbonyl (C=O) groups excluding carboxylic acids is 1. The number of carbonyl (C=O) groups is 1. The Morgan fingerprint density at radius 3 is 2.67 bits per heavy atom. The highest BCUT2D eigenvalue weighted by Crippen LogP contribution is 2.24. The molecule has 116 valence electrons. The minimum atomic E-state index is -0.645. The van der Waals surface area contributed by atoms with Gasteiger partial charge in [-0.3, -0.25) is 4.79 Å². The van der Waals surface area contributed by atoms with Crippen LogP contribution in [0.1, 0.15) is 36.5 Å². The van der Waals surface area contributed by atoms with E-state index in [1.807, 2.05) is 0 Å². The molecule has 1 saturated heterocycles. The number of rotatable bonds is 5. The number of nitrogens with one attached hydrogen (secondary N) is 1. The Hall–Kier alpha value is -1.82. The molecule has 0 saturated carbocycles. The number of nitrogen functional groups attached to an aromatic ring is 1. The second-order valence-electron chi connectivity index (χ2n) is 5.54. The Kier molecular flexibility index (Phi) is 5.01. The van der Waals surface area contributed by atoms with Gasteiger partial charge in [0, 0.05) is 24.8 Å². The Balaban J connectivity index is 2.03. The zero-order chi connectivity index (χ0) is 15.4. The van der Waals surface area contributed by atoms with Crippen LogP contribution in [0, 0.1) is 5.82 Å². The van der Waals surface area contributed by atoms with Crippen LogP contribution in [0.5, 0.6) is 0 Å². The first kappa shape index (κ1) is 15.6. The lowest BCUT2D eigenvalue weighted by molar-refractivity contribution is 0.100. The Morgan fingerprint density at radius 2 is 2.10 bits per heavy atom. The number of halogens is 1. The van der Waals surface area contributed by atoms with Crippen molar-refractivity contribution in [2.24, 2.45) is 5.73 Å². The number of benzene rings is 1. The fourth-order valence-corrected chi connectivity index (χ4v) is 2.75. The predicted molar refractivity (Wildman–Crippen MR) is 82.7 cm³/mol. The average molecular weight is 294 g/mol. The molecule has 1 aliphatic heterocycles. The highest BCUT2D eigenvalue weighted by Gasteiger charge is 2.20. The molecular weight excluding hydrogens is 271 g/mol. The van der Waals surface area contributed by atoms with E-state index in [2.05, 4.69) is 17.1 Å². The summed E-state index contributed by atoms with van der Waals surface area (Å²) in [6.07, 6.45) is 3.05. The van der Waals surface area contributed by atoms with Gasteiger partial charge in [-0.2, -0.15) is 0 Å². The normalized spacial score (nSPS) is 16.9. The lowest BCUT2D eigenvalue weighted by atomic mass is 10.0. The number of anilines is 2. The molecule has 5 N–H and O–H groups in total. The molecule has 2 rings (SSSR count). The van der Waals surface area contributed by atoms with Gasteiger partial charge in [0.1, 0.15) is 5.82 Å². The maximum atomic E-state index is 13.9. The highest BCUT2D eigenvalue weighted by atomic mass is 19.1. The van der Waals surface area contributed by atoms with Crippen LogP contribution in [0.4, 0.5) is 15.8 Å². The number of piperidine rings is 1. The summed E-state index contributed by atoms with van der Waals surface area (Å²) in [6.45, 7) is 5.28. The van der Waals surface area contributed by atoms with Gasteiger partial charge in [-0.15, -0.1) is 0 Å². The first-order chi connectivity index (χ1) is 10.0. The fourth-order valence-electron chi connectivity index (χ4n) is 2.75. The van der Waals surface area contributed by atoms with Crippen molar-refractivity contribution in [2.45, 2.75) is 32.2 Å². The molecule has 0 spiro atoms. The van der Waals surface area contributed by atoms with Gasteiger partial charge in [0.05, 0.1) is 11.3 Å². The predicted octanol–water partition coefficient (Wildman–Crippen LogP) is 1.79. The van der Waals surface area contributed by atoms with Crippen LogP contribution in [0.15, 0.2) is 12.1 Å². The molecule has 0 bridgehead atoms. The third-order valence-corrected chi connectivity index (χ3v) is 3.89. The van der Waals surface area contributed by atoms with Gasteiger partial charge in [0.25, 0.3) is 5.91 Å². The van der Waals surface area contributed by atoms with Crippen molar-refractivity contribution in [1.29, 1.82) is 0 Å². The van der Waals surface area contributed by atoms with Crippen LogP contribution in [0.3, 0.4) is 0 Å². The van der Waals surface area contributed by atoms with Gasteiger partial charge < -0.3 is 21.7 Å². The van der Waals surface area contributed by atoms with Crippen molar-refractivity contribution in [2.75, 3.05) is 30.7 Å². The zero-order valence-corrected chi connectivity index (χ0v) is 12.4. The first-order valence-electron chi connectivity index (χ1n) is 7.39. The number of likely N-dealkylation sites (tertiary alicyclic amines) is 1. The van der Waals surface area contributed by atoms with Crippen molar-refractivity contribution in [3.8, 4) is 0 Å². The van der Waals surface area contributed by atoms with E-state index in [1.165, 1.54) is 6.07 Å². The van der Waals surface area contributed by atoms with Crippen molar-refractivity contribution in [3.05, 3.63) is 23.5 Å². The number of nitrogens with two attached hydrogens (primary N) is 2. The molecule has 1 aromatic carbocycles. The second-order valence-corrected chi connectivity index (χ2v) is 5.54. The van der Waals surface area contributed by atoms with Gasteiger partial charge in [-0.25, -0.2) is 4.39 Å². The monoisotopic (exact) mass is 294 g/mol. The topological polar surface area (TPSA) is 84.4 Å². The maximum Gasteiger partial charge on any atom is 0.250 e. The summed E-state index contributed by atoms with van der Waals surface area (Å²) in [6, 6.07) is 2.76. The molecule has 21 heavy (non-hydrogen) atoms. The average Bonchev–Trinajstić information content (AvgIpc) is 2.43. The fraction of sp³-hybridized carbons (Fsp3) is 0.533. The van der Waals surface area contributed by atoms with E-state index in [1.54, 1.807) is 0 Å². The van der Waals surface area contributed by atoms with E-state index in [4.69, 9.17) is 11.5 Å². The Labute approximate surface area is 124 Å². The zero-order valence-electron chi connectivity index (χ0n) is 12.4. The van der Waals surface area contributed by atoms with E-state index in [9.17, 15) is 9.18 Å². The van der Waals surface area contributed by atoms with Gasteiger partial charge in [0.2, 0.25) is 0 Å². The molecule has 0 atom stereocenters. The number of amides is 1. The lowest BCUT2D eigenvalue weighted by Crippen LogP contribution is -2.39. The van der Waals surface area contributed by atoms with E-state index >= 15 is 0 Å². The minimum absolute atomic E-state index is 0.0725. The standard InChI is InChI=1S/C15H23FN4O/c1-2-5-20-6-3-10(4-7-20)19-14-8-11(15(18)21)13(17)9-12(14)16/h8-10,19H,2-7,17H2,1H3,(H2,18,21). The molecule has 1 heterocycles. The van der Waals surface area contributed by atoms with Crippen molar-refractivity contribution in [3.63, 3.8) is 0 Å². The quantitative estimate of drug-likeness (QED) is 0.723. The summed E-state index contributed by atoms with van der Waals surface area (Å²) in [5.74, 6) is -1.10.